The molecule has 1 aliphatic heterocycles. The summed E-state index contributed by atoms with van der Waals surface area (Å²) in [5, 5.41) is 0. The number of hydrogen-bond donors (Lipinski definition) is 0. The van der Waals surface area contributed by atoms with Crippen molar-refractivity contribution < 1.29 is 9.53 Å². The lowest BCUT2D eigenvalue weighted by molar-refractivity contribution is -0.149. The van der Waals surface area contributed by atoms with Crippen molar-refractivity contribution >= 4 is 5.97 Å². The van der Waals surface area contributed by atoms with Crippen LogP contribution in [0.4, 0.5) is 0 Å². The third-order valence-corrected chi connectivity index (χ3v) is 3.88. The molecule has 104 valence electrons. The molecular weight excluding hydrogens is 238 g/mol. The largest absolute Gasteiger partial charge is 0.465 e. The molecule has 1 saturated heterocycles. The minimum Gasteiger partial charge on any atom is -0.465 e. The van der Waals surface area contributed by atoms with Gasteiger partial charge in [0.2, 0.25) is 0 Å². The van der Waals surface area contributed by atoms with E-state index in [-0.39, 0.29) is 12.0 Å². The van der Waals surface area contributed by atoms with Crippen molar-refractivity contribution in [3.63, 3.8) is 0 Å². The summed E-state index contributed by atoms with van der Waals surface area (Å²) < 4.78 is 5.26. The molecule has 0 saturated carbocycles. The second-order valence-electron chi connectivity index (χ2n) is 5.12. The predicted molar refractivity (Wildman–Crippen MR) is 75.8 cm³/mol. The van der Waals surface area contributed by atoms with Crippen LogP contribution >= 0.6 is 0 Å². The summed E-state index contributed by atoms with van der Waals surface area (Å²) in [6, 6.07) is 9.73. The molecule has 2 rings (SSSR count). The number of esters is 1. The van der Waals surface area contributed by atoms with Crippen LogP contribution in [0.15, 0.2) is 30.3 Å². The first kappa shape index (κ1) is 14.1. The Hall–Kier alpha value is -1.35. The van der Waals surface area contributed by atoms with Crippen molar-refractivity contribution in [1.82, 2.24) is 4.90 Å². The van der Waals surface area contributed by atoms with Crippen LogP contribution in [0.5, 0.6) is 0 Å². The summed E-state index contributed by atoms with van der Waals surface area (Å²) in [5.74, 6) is 0.589. The molecule has 0 bridgehead atoms. The molecule has 1 heterocycles. The summed E-state index contributed by atoms with van der Waals surface area (Å²) in [7, 11) is 0. The van der Waals surface area contributed by atoms with Gasteiger partial charge in [-0.2, -0.15) is 0 Å². The monoisotopic (exact) mass is 261 g/mol. The fourth-order valence-electron chi connectivity index (χ4n) is 2.78. The molecule has 3 heteroatoms. The van der Waals surface area contributed by atoms with E-state index in [0.29, 0.717) is 12.5 Å². The molecule has 0 N–H and O–H groups in total. The van der Waals surface area contributed by atoms with Gasteiger partial charge in [0.15, 0.2) is 0 Å². The Balaban J connectivity index is 2.18. The highest BCUT2D eigenvalue weighted by Crippen LogP contribution is 2.29. The van der Waals surface area contributed by atoms with Crippen molar-refractivity contribution in [2.75, 3.05) is 19.7 Å². The quantitative estimate of drug-likeness (QED) is 0.763. The molecule has 2 unspecified atom stereocenters. The molecule has 3 nitrogen and oxygen atoms in total. The number of carbonyl (C=O) groups is 1. The molecule has 0 spiro atoms. The Morgan fingerprint density at radius 2 is 2.11 bits per heavy atom. The molecule has 19 heavy (non-hydrogen) atoms. The first-order valence-corrected chi connectivity index (χ1v) is 7.21. The number of carbonyl (C=O) groups excluding carboxylic acids is 1. The molecule has 1 aromatic rings. The Bertz CT molecular complexity index is 404. The van der Waals surface area contributed by atoms with E-state index in [1.165, 1.54) is 12.8 Å². The van der Waals surface area contributed by atoms with Gasteiger partial charge in [-0.1, -0.05) is 43.7 Å². The van der Waals surface area contributed by atoms with Crippen molar-refractivity contribution in [3.8, 4) is 0 Å². The zero-order chi connectivity index (χ0) is 13.7. The Morgan fingerprint density at radius 1 is 1.37 bits per heavy atom. The van der Waals surface area contributed by atoms with E-state index >= 15 is 0 Å². The first-order valence-electron chi connectivity index (χ1n) is 7.21. The fourth-order valence-corrected chi connectivity index (χ4v) is 2.78. The van der Waals surface area contributed by atoms with Gasteiger partial charge in [0.05, 0.1) is 6.61 Å². The van der Waals surface area contributed by atoms with E-state index in [1.807, 2.05) is 37.3 Å². The second kappa shape index (κ2) is 6.71. The number of ether oxygens (including phenoxy) is 1. The molecule has 0 aliphatic carbocycles. The maximum Gasteiger partial charge on any atom is 0.327 e. The summed E-state index contributed by atoms with van der Waals surface area (Å²) in [6.07, 6.45) is 2.36. The highest BCUT2D eigenvalue weighted by Gasteiger charge is 2.33. The van der Waals surface area contributed by atoms with Gasteiger partial charge in [-0.25, -0.2) is 4.79 Å². The lowest BCUT2D eigenvalue weighted by atomic mass is 10.0. The maximum absolute atomic E-state index is 12.3. The lowest BCUT2D eigenvalue weighted by Crippen LogP contribution is -2.33. The first-order chi connectivity index (χ1) is 9.26. The van der Waals surface area contributed by atoms with Gasteiger partial charge in [-0.05, 0) is 31.4 Å². The number of nitrogens with zero attached hydrogens (tertiary/aromatic N) is 1. The minimum absolute atomic E-state index is 0.120. The van der Waals surface area contributed by atoms with E-state index in [4.69, 9.17) is 4.74 Å². The van der Waals surface area contributed by atoms with Gasteiger partial charge in [-0.15, -0.1) is 0 Å². The predicted octanol–water partition coefficient (Wildman–Crippen LogP) is 3.02. The van der Waals surface area contributed by atoms with E-state index < -0.39 is 0 Å². The normalized spacial score (nSPS) is 21.3. The molecule has 0 amide bonds. The molecule has 1 aromatic carbocycles. The SMILES string of the molecule is CCOC(=O)C(c1ccccc1)N1CCC(CC)C1. The smallest absolute Gasteiger partial charge is 0.327 e. The number of rotatable bonds is 5. The Kier molecular flexibility index (Phi) is 4.97. The van der Waals surface area contributed by atoms with Gasteiger partial charge >= 0.3 is 5.97 Å². The van der Waals surface area contributed by atoms with Crippen molar-refractivity contribution in [1.29, 1.82) is 0 Å². The summed E-state index contributed by atoms with van der Waals surface area (Å²) >= 11 is 0. The molecule has 0 radical (unpaired) electrons. The highest BCUT2D eigenvalue weighted by atomic mass is 16.5. The average molecular weight is 261 g/mol. The van der Waals surface area contributed by atoms with Crippen molar-refractivity contribution in [2.45, 2.75) is 32.7 Å². The number of likely N-dealkylation sites (tertiary alicyclic amines) is 1. The molecule has 2 atom stereocenters. The molecule has 1 aliphatic rings. The van der Waals surface area contributed by atoms with Gasteiger partial charge < -0.3 is 4.74 Å². The summed E-state index contributed by atoms with van der Waals surface area (Å²) in [6.45, 7) is 6.49. The van der Waals surface area contributed by atoms with E-state index in [9.17, 15) is 4.79 Å². The van der Waals surface area contributed by atoms with Crippen LogP contribution in [-0.2, 0) is 9.53 Å². The van der Waals surface area contributed by atoms with Gasteiger partial charge in [0, 0.05) is 6.54 Å². The lowest BCUT2D eigenvalue weighted by Gasteiger charge is -2.26. The van der Waals surface area contributed by atoms with Crippen LogP contribution in [0.1, 0.15) is 38.3 Å². The van der Waals surface area contributed by atoms with Gasteiger partial charge in [0.25, 0.3) is 0 Å². The Labute approximate surface area is 115 Å². The van der Waals surface area contributed by atoms with Crippen LogP contribution in [0.25, 0.3) is 0 Å². The molecule has 0 aromatic heterocycles. The van der Waals surface area contributed by atoms with Crippen LogP contribution in [0.3, 0.4) is 0 Å². The van der Waals surface area contributed by atoms with Gasteiger partial charge in [0.1, 0.15) is 6.04 Å². The van der Waals surface area contributed by atoms with Crippen LogP contribution in [0, 0.1) is 5.92 Å². The van der Waals surface area contributed by atoms with Crippen LogP contribution in [-0.4, -0.2) is 30.6 Å². The fraction of sp³-hybridized carbons (Fsp3) is 0.562. The van der Waals surface area contributed by atoms with Gasteiger partial charge in [-0.3, -0.25) is 4.90 Å². The molecular formula is C16H23NO2. The zero-order valence-electron chi connectivity index (χ0n) is 11.8. The highest BCUT2D eigenvalue weighted by molar-refractivity contribution is 5.77. The average Bonchev–Trinajstić information content (AvgIpc) is 2.89. The topological polar surface area (TPSA) is 29.5 Å². The number of benzene rings is 1. The standard InChI is InChI=1S/C16H23NO2/c1-3-13-10-11-17(12-13)15(16(18)19-4-2)14-8-6-5-7-9-14/h5-9,13,15H,3-4,10-12H2,1-2H3. The van der Waals surface area contributed by atoms with Crippen molar-refractivity contribution in [2.24, 2.45) is 5.92 Å². The maximum atomic E-state index is 12.3. The number of hydrogen-bond acceptors (Lipinski definition) is 3. The minimum atomic E-state index is -0.238. The third-order valence-electron chi connectivity index (χ3n) is 3.88. The summed E-state index contributed by atoms with van der Waals surface area (Å²) in [5.41, 5.74) is 1.04. The summed E-state index contributed by atoms with van der Waals surface area (Å²) in [4.78, 5) is 14.5. The van der Waals surface area contributed by atoms with E-state index in [1.54, 1.807) is 0 Å². The zero-order valence-corrected chi connectivity index (χ0v) is 11.8. The van der Waals surface area contributed by atoms with Crippen LogP contribution < -0.4 is 0 Å². The van der Waals surface area contributed by atoms with Crippen molar-refractivity contribution in [3.05, 3.63) is 35.9 Å². The molecule has 1 fully saturated rings. The van der Waals surface area contributed by atoms with E-state index in [0.717, 1.165) is 18.7 Å². The second-order valence-corrected chi connectivity index (χ2v) is 5.12. The van der Waals surface area contributed by atoms with E-state index in [2.05, 4.69) is 11.8 Å². The Morgan fingerprint density at radius 3 is 2.68 bits per heavy atom. The third kappa shape index (κ3) is 3.35. The van der Waals surface area contributed by atoms with Crippen LogP contribution in [0.2, 0.25) is 0 Å².